The molecule has 0 aliphatic carbocycles. The van der Waals surface area contributed by atoms with Crippen LogP contribution in [0.5, 0.6) is 0 Å². The minimum Gasteiger partial charge on any atom is -0.313 e. The Morgan fingerprint density at radius 1 is 1.05 bits per heavy atom. The maximum absolute atomic E-state index is 13.9. The molecule has 21 heavy (non-hydrogen) atoms. The van der Waals surface area contributed by atoms with Gasteiger partial charge in [0.2, 0.25) is 0 Å². The van der Waals surface area contributed by atoms with Crippen LogP contribution in [0.25, 0.3) is 0 Å². The van der Waals surface area contributed by atoms with Crippen molar-refractivity contribution in [2.75, 3.05) is 7.05 Å². The normalized spacial score (nSPS) is 12.5. The zero-order valence-corrected chi connectivity index (χ0v) is 12.9. The third kappa shape index (κ3) is 3.30. The van der Waals surface area contributed by atoms with Crippen molar-refractivity contribution in [1.29, 1.82) is 0 Å². The topological polar surface area (TPSA) is 12.0 Å². The highest BCUT2D eigenvalue weighted by Gasteiger charge is 2.18. The zero-order valence-electron chi connectivity index (χ0n) is 12.9. The third-order valence-corrected chi connectivity index (χ3v) is 3.89. The fourth-order valence-corrected chi connectivity index (χ4v) is 3.02. The number of likely N-dealkylation sites (N-methyl/N-ethyl adjacent to an activating group) is 1. The van der Waals surface area contributed by atoms with Crippen LogP contribution < -0.4 is 5.32 Å². The molecule has 2 aromatic carbocycles. The Balaban J connectivity index is 2.39. The number of rotatable bonds is 4. The van der Waals surface area contributed by atoms with Gasteiger partial charge in [-0.05, 0) is 62.6 Å². The highest BCUT2D eigenvalue weighted by molar-refractivity contribution is 5.40. The van der Waals surface area contributed by atoms with Crippen molar-refractivity contribution >= 4 is 0 Å². The minimum absolute atomic E-state index is 0.0399. The first kappa shape index (κ1) is 15.6. The average Bonchev–Trinajstić information content (AvgIpc) is 2.41. The molecular weight excluding hydrogens is 268 g/mol. The first-order valence-corrected chi connectivity index (χ1v) is 7.12. The van der Waals surface area contributed by atoms with Crippen molar-refractivity contribution in [3.8, 4) is 0 Å². The molecule has 0 fully saturated rings. The second kappa shape index (κ2) is 6.35. The van der Waals surface area contributed by atoms with Gasteiger partial charge in [-0.25, -0.2) is 8.78 Å². The second-order valence-corrected chi connectivity index (χ2v) is 5.57. The molecule has 0 aliphatic heterocycles. The predicted molar refractivity (Wildman–Crippen MR) is 82.5 cm³/mol. The Hall–Kier alpha value is -1.74. The largest absolute Gasteiger partial charge is 0.313 e. The van der Waals surface area contributed by atoms with Crippen molar-refractivity contribution in [3.05, 3.63) is 69.8 Å². The minimum atomic E-state index is -0.792. The summed E-state index contributed by atoms with van der Waals surface area (Å²) in [7, 11) is 1.85. The molecule has 2 aromatic rings. The van der Waals surface area contributed by atoms with E-state index in [1.807, 2.05) is 7.05 Å². The quantitative estimate of drug-likeness (QED) is 0.880. The lowest BCUT2D eigenvalue weighted by molar-refractivity contribution is 0.486. The third-order valence-electron chi connectivity index (χ3n) is 3.89. The lowest BCUT2D eigenvalue weighted by Gasteiger charge is -2.22. The van der Waals surface area contributed by atoms with Crippen LogP contribution in [0.15, 0.2) is 30.3 Å². The fraction of sp³-hybridized carbons (Fsp3) is 0.333. The summed E-state index contributed by atoms with van der Waals surface area (Å²) in [6.07, 6.45) is 0.421. The van der Waals surface area contributed by atoms with E-state index in [0.717, 1.165) is 11.6 Å². The van der Waals surface area contributed by atoms with Gasteiger partial charge >= 0.3 is 0 Å². The van der Waals surface area contributed by atoms with Gasteiger partial charge in [0, 0.05) is 6.04 Å². The zero-order chi connectivity index (χ0) is 15.6. The number of benzene rings is 2. The summed E-state index contributed by atoms with van der Waals surface area (Å²) in [4.78, 5) is 0. The van der Waals surface area contributed by atoms with Crippen LogP contribution >= 0.6 is 0 Å². The second-order valence-electron chi connectivity index (χ2n) is 5.57. The van der Waals surface area contributed by atoms with Gasteiger partial charge in [-0.2, -0.15) is 0 Å². The molecule has 2 rings (SSSR count). The summed E-state index contributed by atoms with van der Waals surface area (Å²) in [6, 6.07) is 8.54. The van der Waals surface area contributed by atoms with Gasteiger partial charge in [0.1, 0.15) is 0 Å². The molecule has 1 nitrogen and oxygen atoms in total. The molecule has 0 saturated carbocycles. The molecule has 3 heteroatoms. The van der Waals surface area contributed by atoms with E-state index < -0.39 is 11.6 Å². The van der Waals surface area contributed by atoms with E-state index in [9.17, 15) is 8.78 Å². The Morgan fingerprint density at radius 2 is 1.67 bits per heavy atom. The van der Waals surface area contributed by atoms with Gasteiger partial charge in [-0.3, -0.25) is 0 Å². The van der Waals surface area contributed by atoms with E-state index in [4.69, 9.17) is 0 Å². The maximum atomic E-state index is 13.9. The van der Waals surface area contributed by atoms with Gasteiger partial charge in [0.15, 0.2) is 11.6 Å². The number of halogens is 2. The summed E-state index contributed by atoms with van der Waals surface area (Å²) in [5.74, 6) is -1.54. The molecule has 0 radical (unpaired) electrons. The van der Waals surface area contributed by atoms with E-state index in [2.05, 4.69) is 38.2 Å². The monoisotopic (exact) mass is 289 g/mol. The van der Waals surface area contributed by atoms with Crippen LogP contribution in [0, 0.1) is 32.4 Å². The van der Waals surface area contributed by atoms with Crippen molar-refractivity contribution in [2.24, 2.45) is 0 Å². The molecular formula is C18H21F2N. The SMILES string of the molecule is CNC(Cc1cccc(F)c1F)c1c(C)cc(C)cc1C. The van der Waals surface area contributed by atoms with Gasteiger partial charge in [0.05, 0.1) is 0 Å². The van der Waals surface area contributed by atoms with Gasteiger partial charge in [-0.15, -0.1) is 0 Å². The Bertz CT molecular complexity index is 627. The summed E-state index contributed by atoms with van der Waals surface area (Å²) in [5, 5.41) is 3.23. The molecule has 0 bridgehead atoms. The molecule has 0 amide bonds. The molecule has 0 saturated heterocycles. The van der Waals surface area contributed by atoms with Crippen LogP contribution in [0.2, 0.25) is 0 Å². The van der Waals surface area contributed by atoms with Gasteiger partial charge < -0.3 is 5.32 Å². The Labute approximate surface area is 125 Å². The van der Waals surface area contributed by atoms with Crippen molar-refractivity contribution in [3.63, 3.8) is 0 Å². The van der Waals surface area contributed by atoms with Crippen molar-refractivity contribution < 1.29 is 8.78 Å². The predicted octanol–water partition coefficient (Wildman–Crippen LogP) is 4.39. The number of aryl methyl sites for hydroxylation is 3. The first-order chi connectivity index (χ1) is 9.93. The summed E-state index contributed by atoms with van der Waals surface area (Å²) >= 11 is 0. The number of hydrogen-bond donors (Lipinski definition) is 1. The number of nitrogens with one attached hydrogen (secondary N) is 1. The van der Waals surface area contributed by atoms with E-state index in [0.29, 0.717) is 12.0 Å². The summed E-state index contributed by atoms with van der Waals surface area (Å²) in [5.41, 5.74) is 5.10. The molecule has 1 atom stereocenters. The van der Waals surface area contributed by atoms with Crippen molar-refractivity contribution in [1.82, 2.24) is 5.32 Å². The molecule has 0 aromatic heterocycles. The molecule has 1 N–H and O–H groups in total. The van der Waals surface area contributed by atoms with E-state index in [1.165, 1.54) is 16.7 Å². The highest BCUT2D eigenvalue weighted by atomic mass is 19.2. The van der Waals surface area contributed by atoms with Crippen LogP contribution in [0.1, 0.15) is 33.9 Å². The van der Waals surface area contributed by atoms with Crippen LogP contribution in [-0.2, 0) is 6.42 Å². The smallest absolute Gasteiger partial charge is 0.162 e. The summed E-state index contributed by atoms with van der Waals surface area (Å²) < 4.78 is 27.2. The van der Waals surface area contributed by atoms with Gasteiger partial charge in [-0.1, -0.05) is 29.8 Å². The molecule has 0 aliphatic rings. The summed E-state index contributed by atoms with van der Waals surface area (Å²) in [6.45, 7) is 6.17. The molecule has 1 unspecified atom stereocenters. The average molecular weight is 289 g/mol. The molecule has 0 heterocycles. The lowest BCUT2D eigenvalue weighted by Crippen LogP contribution is -2.21. The standard InChI is InChI=1S/C18H21F2N/c1-11-8-12(2)17(13(3)9-11)16(21-4)10-14-6-5-7-15(19)18(14)20/h5-9,16,21H,10H2,1-4H3. The van der Waals surface area contributed by atoms with E-state index in [-0.39, 0.29) is 6.04 Å². The van der Waals surface area contributed by atoms with Crippen LogP contribution in [0.4, 0.5) is 8.78 Å². The maximum Gasteiger partial charge on any atom is 0.162 e. The van der Waals surface area contributed by atoms with E-state index >= 15 is 0 Å². The van der Waals surface area contributed by atoms with E-state index in [1.54, 1.807) is 12.1 Å². The van der Waals surface area contributed by atoms with Crippen LogP contribution in [0.3, 0.4) is 0 Å². The Morgan fingerprint density at radius 3 is 2.24 bits per heavy atom. The molecule has 112 valence electrons. The van der Waals surface area contributed by atoms with Gasteiger partial charge in [0.25, 0.3) is 0 Å². The lowest BCUT2D eigenvalue weighted by atomic mass is 9.90. The van der Waals surface area contributed by atoms with Crippen LogP contribution in [-0.4, -0.2) is 7.05 Å². The Kier molecular flexibility index (Phi) is 4.73. The first-order valence-electron chi connectivity index (χ1n) is 7.12. The highest BCUT2D eigenvalue weighted by Crippen LogP contribution is 2.27. The molecule has 0 spiro atoms. The van der Waals surface area contributed by atoms with Crippen molar-refractivity contribution in [2.45, 2.75) is 33.2 Å². The fourth-order valence-electron chi connectivity index (χ4n) is 3.02. The number of hydrogen-bond acceptors (Lipinski definition) is 1.